The molecule has 0 spiro atoms. The van der Waals surface area contributed by atoms with E-state index >= 15 is 0 Å². The van der Waals surface area contributed by atoms with E-state index in [1.807, 2.05) is 6.07 Å². The van der Waals surface area contributed by atoms with Crippen LogP contribution in [0.25, 0.3) is 11.5 Å². The SMILES string of the molecule is Cc1oc(-c2ccc3c(c2)OCO3)nc1CC(=O)Nc1ccc(F)cc1. The fraction of sp³-hybridized carbons (Fsp3) is 0.158. The molecule has 7 heteroatoms. The van der Waals surface area contributed by atoms with Crippen LogP contribution in [0.3, 0.4) is 0 Å². The van der Waals surface area contributed by atoms with Crippen molar-refractivity contribution in [3.05, 3.63) is 59.7 Å². The summed E-state index contributed by atoms with van der Waals surface area (Å²) in [6.07, 6.45) is 0.0528. The number of amides is 1. The molecule has 0 aliphatic carbocycles. The second-order valence-corrected chi connectivity index (χ2v) is 5.82. The average Bonchev–Trinajstić information content (AvgIpc) is 3.23. The van der Waals surface area contributed by atoms with E-state index in [9.17, 15) is 9.18 Å². The maximum atomic E-state index is 12.9. The number of nitrogens with one attached hydrogen (secondary N) is 1. The van der Waals surface area contributed by atoms with Crippen molar-refractivity contribution in [1.82, 2.24) is 4.98 Å². The van der Waals surface area contributed by atoms with Crippen molar-refractivity contribution in [2.24, 2.45) is 0 Å². The summed E-state index contributed by atoms with van der Waals surface area (Å²) in [5, 5.41) is 2.70. The van der Waals surface area contributed by atoms with E-state index in [1.54, 1.807) is 19.1 Å². The lowest BCUT2D eigenvalue weighted by molar-refractivity contribution is -0.115. The number of rotatable bonds is 4. The molecule has 132 valence electrons. The van der Waals surface area contributed by atoms with Crippen LogP contribution in [0.5, 0.6) is 11.5 Å². The molecule has 0 fully saturated rings. The number of carbonyl (C=O) groups is 1. The Labute approximate surface area is 148 Å². The number of ether oxygens (including phenoxy) is 2. The van der Waals surface area contributed by atoms with Gasteiger partial charge in [0, 0.05) is 11.3 Å². The Balaban J connectivity index is 1.49. The van der Waals surface area contributed by atoms with Crippen LogP contribution in [0.1, 0.15) is 11.5 Å². The van der Waals surface area contributed by atoms with Crippen molar-refractivity contribution in [1.29, 1.82) is 0 Å². The maximum Gasteiger partial charge on any atom is 0.231 e. The predicted octanol–water partition coefficient (Wildman–Crippen LogP) is 3.70. The Morgan fingerprint density at radius 2 is 1.92 bits per heavy atom. The smallest absolute Gasteiger partial charge is 0.231 e. The molecule has 26 heavy (non-hydrogen) atoms. The minimum atomic E-state index is -0.358. The van der Waals surface area contributed by atoms with Crippen molar-refractivity contribution in [3.63, 3.8) is 0 Å². The van der Waals surface area contributed by atoms with E-state index in [0.717, 1.165) is 5.56 Å². The molecule has 1 aromatic heterocycles. The third-order valence-corrected chi connectivity index (χ3v) is 3.97. The van der Waals surface area contributed by atoms with Gasteiger partial charge in [-0.3, -0.25) is 4.79 Å². The first-order valence-corrected chi connectivity index (χ1v) is 8.00. The summed E-state index contributed by atoms with van der Waals surface area (Å²) in [6.45, 7) is 1.95. The number of anilines is 1. The zero-order valence-corrected chi connectivity index (χ0v) is 13.9. The first kappa shape index (κ1) is 16.1. The summed E-state index contributed by atoms with van der Waals surface area (Å²) >= 11 is 0. The van der Waals surface area contributed by atoms with Crippen molar-refractivity contribution < 1.29 is 23.1 Å². The summed E-state index contributed by atoms with van der Waals surface area (Å²) in [4.78, 5) is 16.6. The number of halogens is 1. The van der Waals surface area contributed by atoms with E-state index in [-0.39, 0.29) is 24.9 Å². The number of aromatic nitrogens is 1. The molecule has 0 unspecified atom stereocenters. The van der Waals surface area contributed by atoms with Gasteiger partial charge in [-0.15, -0.1) is 0 Å². The van der Waals surface area contributed by atoms with E-state index < -0.39 is 0 Å². The minimum Gasteiger partial charge on any atom is -0.454 e. The average molecular weight is 354 g/mol. The Hall–Kier alpha value is -3.35. The molecular weight excluding hydrogens is 339 g/mol. The second kappa shape index (κ2) is 6.51. The normalized spacial score (nSPS) is 12.2. The van der Waals surface area contributed by atoms with Crippen LogP contribution in [-0.4, -0.2) is 17.7 Å². The van der Waals surface area contributed by atoms with Gasteiger partial charge in [-0.1, -0.05) is 0 Å². The van der Waals surface area contributed by atoms with Gasteiger partial charge in [0.25, 0.3) is 0 Å². The Morgan fingerprint density at radius 3 is 2.73 bits per heavy atom. The fourth-order valence-electron chi connectivity index (χ4n) is 2.64. The summed E-state index contributed by atoms with van der Waals surface area (Å²) in [7, 11) is 0. The first-order chi connectivity index (χ1) is 12.6. The first-order valence-electron chi connectivity index (χ1n) is 8.00. The zero-order chi connectivity index (χ0) is 18.1. The quantitative estimate of drug-likeness (QED) is 0.773. The van der Waals surface area contributed by atoms with Crippen LogP contribution >= 0.6 is 0 Å². The van der Waals surface area contributed by atoms with Crippen LogP contribution in [0.4, 0.5) is 10.1 Å². The van der Waals surface area contributed by atoms with Gasteiger partial charge in [0.1, 0.15) is 11.6 Å². The number of benzene rings is 2. The highest BCUT2D eigenvalue weighted by Gasteiger charge is 2.18. The van der Waals surface area contributed by atoms with Gasteiger partial charge in [0.15, 0.2) is 11.5 Å². The third kappa shape index (κ3) is 3.23. The van der Waals surface area contributed by atoms with Crippen LogP contribution < -0.4 is 14.8 Å². The van der Waals surface area contributed by atoms with Crippen LogP contribution in [0.15, 0.2) is 46.9 Å². The third-order valence-electron chi connectivity index (χ3n) is 3.97. The van der Waals surface area contributed by atoms with Crippen LogP contribution in [-0.2, 0) is 11.2 Å². The van der Waals surface area contributed by atoms with Crippen LogP contribution in [0.2, 0.25) is 0 Å². The molecule has 0 saturated heterocycles. The molecule has 3 aromatic rings. The zero-order valence-electron chi connectivity index (χ0n) is 13.9. The number of carbonyl (C=O) groups excluding carboxylic acids is 1. The Morgan fingerprint density at radius 1 is 1.15 bits per heavy atom. The summed E-state index contributed by atoms with van der Waals surface area (Å²) in [5.41, 5.74) is 1.80. The van der Waals surface area contributed by atoms with Gasteiger partial charge >= 0.3 is 0 Å². The predicted molar refractivity (Wildman–Crippen MR) is 91.5 cm³/mol. The van der Waals surface area contributed by atoms with E-state index in [0.29, 0.717) is 34.5 Å². The second-order valence-electron chi connectivity index (χ2n) is 5.82. The van der Waals surface area contributed by atoms with Gasteiger partial charge in [-0.2, -0.15) is 0 Å². The lowest BCUT2D eigenvalue weighted by atomic mass is 10.2. The van der Waals surface area contributed by atoms with Gasteiger partial charge in [-0.25, -0.2) is 9.37 Å². The number of hydrogen-bond donors (Lipinski definition) is 1. The topological polar surface area (TPSA) is 73.6 Å². The largest absolute Gasteiger partial charge is 0.454 e. The van der Waals surface area contributed by atoms with Crippen molar-refractivity contribution in [2.75, 3.05) is 12.1 Å². The molecule has 2 heterocycles. The Bertz CT molecular complexity index is 966. The lowest BCUT2D eigenvalue weighted by Gasteiger charge is -2.03. The molecule has 1 N–H and O–H groups in total. The monoisotopic (exact) mass is 354 g/mol. The van der Waals surface area contributed by atoms with Crippen LogP contribution in [0, 0.1) is 12.7 Å². The lowest BCUT2D eigenvalue weighted by Crippen LogP contribution is -2.15. The minimum absolute atomic E-state index is 0.0528. The molecular formula is C19H15FN2O4. The van der Waals surface area contributed by atoms with Gasteiger partial charge < -0.3 is 19.2 Å². The summed E-state index contributed by atoms with van der Waals surface area (Å²) in [6, 6.07) is 11.0. The van der Waals surface area contributed by atoms with Gasteiger partial charge in [-0.05, 0) is 49.4 Å². The van der Waals surface area contributed by atoms with E-state index in [2.05, 4.69) is 10.3 Å². The molecule has 6 nitrogen and oxygen atoms in total. The van der Waals surface area contributed by atoms with Crippen molar-refractivity contribution in [2.45, 2.75) is 13.3 Å². The molecule has 0 atom stereocenters. The Kier molecular flexibility index (Phi) is 4.04. The standard InChI is InChI=1S/C19H15FN2O4/c1-11-15(9-18(23)21-14-5-3-13(20)4-6-14)22-19(26-11)12-2-7-16-17(8-12)25-10-24-16/h2-8H,9-10H2,1H3,(H,21,23). The molecule has 2 aromatic carbocycles. The molecule has 1 aliphatic rings. The van der Waals surface area contributed by atoms with Crippen molar-refractivity contribution in [3.8, 4) is 23.0 Å². The molecule has 0 radical (unpaired) electrons. The molecule has 0 bridgehead atoms. The van der Waals surface area contributed by atoms with E-state index in [4.69, 9.17) is 13.9 Å². The number of fused-ring (bicyclic) bond motifs is 1. The number of oxazole rings is 1. The fourth-order valence-corrected chi connectivity index (χ4v) is 2.64. The van der Waals surface area contributed by atoms with E-state index in [1.165, 1.54) is 24.3 Å². The maximum absolute atomic E-state index is 12.9. The highest BCUT2D eigenvalue weighted by Crippen LogP contribution is 2.36. The molecule has 4 rings (SSSR count). The highest BCUT2D eigenvalue weighted by atomic mass is 19.1. The number of hydrogen-bond acceptors (Lipinski definition) is 5. The molecule has 0 saturated carbocycles. The van der Waals surface area contributed by atoms with Gasteiger partial charge in [0.05, 0.1) is 12.1 Å². The number of nitrogens with zero attached hydrogens (tertiary/aromatic N) is 1. The summed E-state index contributed by atoms with van der Waals surface area (Å²) < 4.78 is 29.2. The van der Waals surface area contributed by atoms with Gasteiger partial charge in [0.2, 0.25) is 18.6 Å². The molecule has 1 aliphatic heterocycles. The highest BCUT2D eigenvalue weighted by molar-refractivity contribution is 5.92. The number of aryl methyl sites for hydroxylation is 1. The molecule has 1 amide bonds. The van der Waals surface area contributed by atoms with Crippen molar-refractivity contribution >= 4 is 11.6 Å². The summed E-state index contributed by atoms with van der Waals surface area (Å²) in [5.74, 6) is 1.66.